The molecule has 0 bridgehead atoms. The minimum Gasteiger partial charge on any atom is -0.379 e. The molecular weight excluding hydrogens is 272 g/mol. The predicted octanol–water partition coefficient (Wildman–Crippen LogP) is 4.46. The summed E-state index contributed by atoms with van der Waals surface area (Å²) in [5.41, 5.74) is 0.339. The second kappa shape index (κ2) is 9.85. The Morgan fingerprint density at radius 2 is 1.90 bits per heavy atom. The summed E-state index contributed by atoms with van der Waals surface area (Å²) < 4.78 is 33.0. The topological polar surface area (TPSA) is 21.3 Å². The maximum Gasteiger partial charge on any atom is 0.163 e. The second-order valence-electron chi connectivity index (χ2n) is 5.58. The van der Waals surface area contributed by atoms with Crippen LogP contribution in [-0.4, -0.2) is 19.8 Å². The van der Waals surface area contributed by atoms with Crippen molar-refractivity contribution >= 4 is 0 Å². The zero-order valence-electron chi connectivity index (χ0n) is 13.3. The van der Waals surface area contributed by atoms with Crippen molar-refractivity contribution in [1.29, 1.82) is 0 Å². The number of benzene rings is 1. The van der Waals surface area contributed by atoms with E-state index in [1.165, 1.54) is 6.07 Å². The highest BCUT2D eigenvalue weighted by molar-refractivity contribution is 5.22. The predicted molar refractivity (Wildman–Crippen MR) is 82.3 cm³/mol. The molecule has 0 radical (unpaired) electrons. The van der Waals surface area contributed by atoms with Crippen molar-refractivity contribution in [2.45, 2.75) is 46.1 Å². The molecular formula is C17H27F2NO. The number of nitrogens with one attached hydrogen (secondary N) is 1. The van der Waals surface area contributed by atoms with Crippen molar-refractivity contribution in [3.63, 3.8) is 0 Å². The lowest BCUT2D eigenvalue weighted by Crippen LogP contribution is -2.28. The number of ether oxygens (including phenoxy) is 1. The molecule has 120 valence electrons. The van der Waals surface area contributed by atoms with Crippen LogP contribution in [0.1, 0.15) is 51.6 Å². The molecule has 1 aromatic rings. The van der Waals surface area contributed by atoms with Gasteiger partial charge in [-0.1, -0.05) is 39.3 Å². The molecule has 0 amide bonds. The van der Waals surface area contributed by atoms with Crippen molar-refractivity contribution in [1.82, 2.24) is 5.32 Å². The van der Waals surface area contributed by atoms with Gasteiger partial charge in [0, 0.05) is 12.2 Å². The first-order valence-electron chi connectivity index (χ1n) is 7.85. The Morgan fingerprint density at radius 3 is 2.57 bits per heavy atom. The van der Waals surface area contributed by atoms with Crippen LogP contribution in [0.25, 0.3) is 0 Å². The molecule has 0 aliphatic heterocycles. The summed E-state index contributed by atoms with van der Waals surface area (Å²) in [6, 6.07) is 3.98. The Kier molecular flexibility index (Phi) is 8.47. The first-order valence-corrected chi connectivity index (χ1v) is 7.85. The summed E-state index contributed by atoms with van der Waals surface area (Å²) in [6.07, 6.45) is 3.17. The third-order valence-corrected chi connectivity index (χ3v) is 3.47. The van der Waals surface area contributed by atoms with Gasteiger partial charge in [0.05, 0.1) is 12.6 Å². The molecule has 1 aromatic carbocycles. The fraction of sp³-hybridized carbons (Fsp3) is 0.647. The minimum absolute atomic E-state index is 0.311. The van der Waals surface area contributed by atoms with Gasteiger partial charge in [-0.25, -0.2) is 8.78 Å². The number of hydrogen-bond acceptors (Lipinski definition) is 2. The SMILES string of the molecule is CCCNC(COCC(C)CCC)c1cccc(F)c1F. The molecule has 0 aliphatic carbocycles. The third-order valence-electron chi connectivity index (χ3n) is 3.47. The Morgan fingerprint density at radius 1 is 1.14 bits per heavy atom. The monoisotopic (exact) mass is 299 g/mol. The zero-order chi connectivity index (χ0) is 15.7. The van der Waals surface area contributed by atoms with E-state index in [4.69, 9.17) is 4.74 Å². The van der Waals surface area contributed by atoms with E-state index in [0.29, 0.717) is 24.7 Å². The Bertz CT molecular complexity index is 412. The zero-order valence-corrected chi connectivity index (χ0v) is 13.3. The van der Waals surface area contributed by atoms with Gasteiger partial charge in [0.25, 0.3) is 0 Å². The molecule has 2 atom stereocenters. The van der Waals surface area contributed by atoms with Crippen LogP contribution in [-0.2, 0) is 4.74 Å². The van der Waals surface area contributed by atoms with Gasteiger partial charge in [-0.3, -0.25) is 0 Å². The Labute approximate surface area is 126 Å². The largest absolute Gasteiger partial charge is 0.379 e. The first-order chi connectivity index (χ1) is 10.1. The van der Waals surface area contributed by atoms with Crippen molar-refractivity contribution in [2.24, 2.45) is 5.92 Å². The summed E-state index contributed by atoms with van der Waals surface area (Å²) in [5, 5.41) is 3.23. The lowest BCUT2D eigenvalue weighted by atomic mass is 10.1. The standard InChI is InChI=1S/C17H27F2NO/c1-4-7-13(3)11-21-12-16(20-10-5-2)14-8-6-9-15(18)17(14)19/h6,8-9,13,16,20H,4-5,7,10-12H2,1-3H3. The summed E-state index contributed by atoms with van der Waals surface area (Å²) >= 11 is 0. The van der Waals surface area contributed by atoms with Crippen LogP contribution < -0.4 is 5.32 Å². The first kappa shape index (κ1) is 18.1. The van der Waals surface area contributed by atoms with E-state index in [0.717, 1.165) is 31.9 Å². The quantitative estimate of drug-likeness (QED) is 0.689. The molecule has 21 heavy (non-hydrogen) atoms. The van der Waals surface area contributed by atoms with Crippen LogP contribution in [0.4, 0.5) is 8.78 Å². The van der Waals surface area contributed by atoms with E-state index in [2.05, 4.69) is 19.2 Å². The van der Waals surface area contributed by atoms with Crippen LogP contribution in [0, 0.1) is 17.6 Å². The molecule has 0 saturated heterocycles. The maximum atomic E-state index is 13.9. The van der Waals surface area contributed by atoms with Gasteiger partial charge in [0.1, 0.15) is 0 Å². The van der Waals surface area contributed by atoms with E-state index in [1.54, 1.807) is 6.07 Å². The minimum atomic E-state index is -0.810. The highest BCUT2D eigenvalue weighted by Gasteiger charge is 2.18. The third kappa shape index (κ3) is 6.10. The van der Waals surface area contributed by atoms with Gasteiger partial charge in [0.15, 0.2) is 11.6 Å². The van der Waals surface area contributed by atoms with Crippen LogP contribution in [0.5, 0.6) is 0 Å². The van der Waals surface area contributed by atoms with Crippen molar-refractivity contribution in [3.05, 3.63) is 35.4 Å². The highest BCUT2D eigenvalue weighted by Crippen LogP contribution is 2.20. The Hall–Kier alpha value is -1.00. The summed E-state index contributed by atoms with van der Waals surface area (Å²) in [4.78, 5) is 0. The summed E-state index contributed by atoms with van der Waals surface area (Å²) in [6.45, 7) is 8.07. The molecule has 0 aliphatic rings. The molecule has 4 heteroatoms. The maximum absolute atomic E-state index is 13.9. The molecule has 0 fully saturated rings. The molecule has 0 aromatic heterocycles. The van der Waals surface area contributed by atoms with E-state index < -0.39 is 11.6 Å². The van der Waals surface area contributed by atoms with E-state index in [1.807, 2.05) is 6.92 Å². The van der Waals surface area contributed by atoms with Gasteiger partial charge < -0.3 is 10.1 Å². The van der Waals surface area contributed by atoms with Gasteiger partial charge >= 0.3 is 0 Å². The average molecular weight is 299 g/mol. The van der Waals surface area contributed by atoms with E-state index >= 15 is 0 Å². The summed E-state index contributed by atoms with van der Waals surface area (Å²) in [5.74, 6) is -1.11. The number of rotatable bonds is 10. The number of halogens is 2. The van der Waals surface area contributed by atoms with Gasteiger partial charge in [0.2, 0.25) is 0 Å². The lowest BCUT2D eigenvalue weighted by Gasteiger charge is -2.21. The molecule has 0 spiro atoms. The fourth-order valence-electron chi connectivity index (χ4n) is 2.33. The molecule has 1 rings (SSSR count). The Balaban J connectivity index is 2.65. The average Bonchev–Trinajstić information content (AvgIpc) is 2.46. The van der Waals surface area contributed by atoms with Crippen molar-refractivity contribution < 1.29 is 13.5 Å². The summed E-state index contributed by atoms with van der Waals surface area (Å²) in [7, 11) is 0. The molecule has 2 nitrogen and oxygen atoms in total. The molecule has 0 saturated carbocycles. The molecule has 0 heterocycles. The van der Waals surface area contributed by atoms with Crippen LogP contribution >= 0.6 is 0 Å². The van der Waals surface area contributed by atoms with E-state index in [-0.39, 0.29) is 6.04 Å². The fourth-order valence-corrected chi connectivity index (χ4v) is 2.33. The van der Waals surface area contributed by atoms with Crippen LogP contribution in [0.2, 0.25) is 0 Å². The smallest absolute Gasteiger partial charge is 0.163 e. The van der Waals surface area contributed by atoms with Crippen molar-refractivity contribution in [2.75, 3.05) is 19.8 Å². The highest BCUT2D eigenvalue weighted by atomic mass is 19.2. The normalized spacial score (nSPS) is 14.1. The second-order valence-corrected chi connectivity index (χ2v) is 5.58. The lowest BCUT2D eigenvalue weighted by molar-refractivity contribution is 0.0823. The number of hydrogen-bond donors (Lipinski definition) is 1. The van der Waals surface area contributed by atoms with Crippen LogP contribution in [0.3, 0.4) is 0 Å². The van der Waals surface area contributed by atoms with Gasteiger partial charge in [-0.05, 0) is 31.4 Å². The molecule has 1 N–H and O–H groups in total. The van der Waals surface area contributed by atoms with Crippen LogP contribution in [0.15, 0.2) is 18.2 Å². The van der Waals surface area contributed by atoms with Gasteiger partial charge in [-0.15, -0.1) is 0 Å². The molecule has 2 unspecified atom stereocenters. The van der Waals surface area contributed by atoms with Gasteiger partial charge in [-0.2, -0.15) is 0 Å². The van der Waals surface area contributed by atoms with Crippen molar-refractivity contribution in [3.8, 4) is 0 Å². The van der Waals surface area contributed by atoms with E-state index in [9.17, 15) is 8.78 Å².